The van der Waals surface area contributed by atoms with Gasteiger partial charge in [0.1, 0.15) is 0 Å². The molecule has 0 bridgehead atoms. The Morgan fingerprint density at radius 2 is 2.19 bits per heavy atom. The van der Waals surface area contributed by atoms with E-state index >= 15 is 0 Å². The van der Waals surface area contributed by atoms with Gasteiger partial charge in [0, 0.05) is 18.4 Å². The van der Waals surface area contributed by atoms with Crippen molar-refractivity contribution < 1.29 is 19.4 Å². The fourth-order valence-corrected chi connectivity index (χ4v) is 2.34. The molecule has 0 aromatic heterocycles. The lowest BCUT2D eigenvalue weighted by atomic mass is 10.0. The molecule has 0 spiro atoms. The molecule has 0 aliphatic carbocycles. The van der Waals surface area contributed by atoms with Crippen LogP contribution in [0.3, 0.4) is 0 Å². The summed E-state index contributed by atoms with van der Waals surface area (Å²) < 4.78 is 5.32. The van der Waals surface area contributed by atoms with Crippen molar-refractivity contribution in [2.75, 3.05) is 18.5 Å². The summed E-state index contributed by atoms with van der Waals surface area (Å²) in [5.41, 5.74) is 2.38. The first-order valence-electron chi connectivity index (χ1n) is 6.96. The Kier molecular flexibility index (Phi) is 5.11. The van der Waals surface area contributed by atoms with Crippen molar-refractivity contribution >= 4 is 23.6 Å². The van der Waals surface area contributed by atoms with E-state index in [-0.39, 0.29) is 11.8 Å². The highest BCUT2D eigenvalue weighted by Crippen LogP contribution is 2.19. The Hall–Kier alpha value is -2.14. The predicted octanol–water partition coefficient (Wildman–Crippen LogP) is 2.46. The number of carboxylic acids is 1. The maximum absolute atomic E-state index is 12.2. The highest BCUT2D eigenvalue weighted by molar-refractivity contribution is 5.93. The zero-order chi connectivity index (χ0) is 15.2. The molecule has 1 aromatic carbocycles. The Bertz CT molecular complexity index is 559. The van der Waals surface area contributed by atoms with E-state index in [0.29, 0.717) is 12.3 Å². The second kappa shape index (κ2) is 7.04. The van der Waals surface area contributed by atoms with Gasteiger partial charge in [-0.1, -0.05) is 6.07 Å². The van der Waals surface area contributed by atoms with Gasteiger partial charge in [-0.25, -0.2) is 4.79 Å². The van der Waals surface area contributed by atoms with Gasteiger partial charge in [0.25, 0.3) is 0 Å². The van der Waals surface area contributed by atoms with E-state index in [4.69, 9.17) is 9.84 Å². The number of carbonyl (C=O) groups excluding carboxylic acids is 1. The largest absolute Gasteiger partial charge is 0.478 e. The molecule has 112 valence electrons. The van der Waals surface area contributed by atoms with E-state index < -0.39 is 5.97 Å². The molecule has 1 aliphatic heterocycles. The van der Waals surface area contributed by atoms with Crippen LogP contribution >= 0.6 is 0 Å². The molecule has 1 saturated heterocycles. The predicted molar refractivity (Wildman–Crippen MR) is 80.0 cm³/mol. The highest BCUT2D eigenvalue weighted by Gasteiger charge is 2.21. The third-order valence-corrected chi connectivity index (χ3v) is 3.32. The van der Waals surface area contributed by atoms with Crippen LogP contribution in [-0.2, 0) is 14.3 Å². The van der Waals surface area contributed by atoms with Crippen LogP contribution in [0.25, 0.3) is 6.08 Å². The first-order valence-corrected chi connectivity index (χ1v) is 6.96. The number of hydrogen-bond acceptors (Lipinski definition) is 3. The summed E-state index contributed by atoms with van der Waals surface area (Å²) in [6.07, 6.45) is 4.33. The smallest absolute Gasteiger partial charge is 0.328 e. The normalized spacial score (nSPS) is 18.6. The molecule has 1 aliphatic rings. The molecule has 1 aromatic rings. The number of anilines is 1. The molecular weight excluding hydrogens is 270 g/mol. The first-order chi connectivity index (χ1) is 10.0. The number of ether oxygens (including phenoxy) is 1. The van der Waals surface area contributed by atoms with Gasteiger partial charge in [-0.2, -0.15) is 0 Å². The van der Waals surface area contributed by atoms with E-state index in [2.05, 4.69) is 5.32 Å². The SMILES string of the molecule is Cc1cc(/C=C/C(=O)O)cc(NC(=O)C2CCCOC2)c1. The minimum Gasteiger partial charge on any atom is -0.478 e. The quantitative estimate of drug-likeness (QED) is 0.835. The number of carbonyl (C=O) groups is 2. The first kappa shape index (κ1) is 15.3. The zero-order valence-corrected chi connectivity index (χ0v) is 12.0. The molecule has 5 nitrogen and oxygen atoms in total. The second-order valence-electron chi connectivity index (χ2n) is 5.21. The van der Waals surface area contributed by atoms with Crippen LogP contribution in [0.5, 0.6) is 0 Å². The average molecular weight is 289 g/mol. The molecule has 1 atom stereocenters. The number of nitrogens with one attached hydrogen (secondary N) is 1. The van der Waals surface area contributed by atoms with E-state index in [1.54, 1.807) is 6.07 Å². The molecule has 2 rings (SSSR count). The summed E-state index contributed by atoms with van der Waals surface area (Å²) in [6.45, 7) is 3.08. The van der Waals surface area contributed by atoms with Crippen LogP contribution < -0.4 is 5.32 Å². The van der Waals surface area contributed by atoms with Crippen LogP contribution in [0.2, 0.25) is 0 Å². The van der Waals surface area contributed by atoms with Crippen molar-refractivity contribution in [1.82, 2.24) is 0 Å². The number of carboxylic acid groups (broad SMARTS) is 1. The molecule has 1 fully saturated rings. The van der Waals surface area contributed by atoms with Crippen molar-refractivity contribution in [3.05, 3.63) is 35.4 Å². The fourth-order valence-electron chi connectivity index (χ4n) is 2.34. The van der Waals surface area contributed by atoms with Crippen LogP contribution in [-0.4, -0.2) is 30.2 Å². The van der Waals surface area contributed by atoms with Crippen molar-refractivity contribution in [3.8, 4) is 0 Å². The van der Waals surface area contributed by atoms with E-state index in [9.17, 15) is 9.59 Å². The molecule has 2 N–H and O–H groups in total. The molecule has 0 saturated carbocycles. The second-order valence-corrected chi connectivity index (χ2v) is 5.21. The van der Waals surface area contributed by atoms with Gasteiger partial charge in [-0.3, -0.25) is 4.79 Å². The number of hydrogen-bond donors (Lipinski definition) is 2. The Balaban J connectivity index is 2.08. The van der Waals surface area contributed by atoms with Crippen molar-refractivity contribution in [1.29, 1.82) is 0 Å². The Morgan fingerprint density at radius 3 is 2.86 bits per heavy atom. The number of aliphatic carboxylic acids is 1. The summed E-state index contributed by atoms with van der Waals surface area (Å²) in [5, 5.41) is 11.5. The van der Waals surface area contributed by atoms with Crippen LogP contribution in [0.1, 0.15) is 24.0 Å². The van der Waals surface area contributed by atoms with Gasteiger partial charge in [-0.05, 0) is 49.1 Å². The number of aryl methyl sites for hydroxylation is 1. The van der Waals surface area contributed by atoms with E-state index in [1.165, 1.54) is 6.08 Å². The van der Waals surface area contributed by atoms with Gasteiger partial charge in [0.2, 0.25) is 5.91 Å². The van der Waals surface area contributed by atoms with Crippen molar-refractivity contribution in [2.24, 2.45) is 5.92 Å². The zero-order valence-electron chi connectivity index (χ0n) is 12.0. The van der Waals surface area contributed by atoms with Gasteiger partial charge < -0.3 is 15.2 Å². The molecule has 1 heterocycles. The van der Waals surface area contributed by atoms with Gasteiger partial charge in [0.15, 0.2) is 0 Å². The van der Waals surface area contributed by atoms with Crippen molar-refractivity contribution in [2.45, 2.75) is 19.8 Å². The maximum atomic E-state index is 12.2. The molecule has 0 radical (unpaired) electrons. The molecular formula is C16H19NO4. The molecule has 21 heavy (non-hydrogen) atoms. The molecule has 1 amide bonds. The van der Waals surface area contributed by atoms with Crippen LogP contribution in [0.15, 0.2) is 24.3 Å². The highest BCUT2D eigenvalue weighted by atomic mass is 16.5. The lowest BCUT2D eigenvalue weighted by Gasteiger charge is -2.21. The molecule has 1 unspecified atom stereocenters. The summed E-state index contributed by atoms with van der Waals surface area (Å²) >= 11 is 0. The Labute approximate surface area is 123 Å². The van der Waals surface area contributed by atoms with Gasteiger partial charge in [-0.15, -0.1) is 0 Å². The maximum Gasteiger partial charge on any atom is 0.328 e. The lowest BCUT2D eigenvalue weighted by Crippen LogP contribution is -2.30. The van der Waals surface area contributed by atoms with E-state index in [1.807, 2.05) is 19.1 Å². The van der Waals surface area contributed by atoms with Gasteiger partial charge in [0.05, 0.1) is 12.5 Å². The van der Waals surface area contributed by atoms with E-state index in [0.717, 1.165) is 36.7 Å². The van der Waals surface area contributed by atoms with Gasteiger partial charge >= 0.3 is 5.97 Å². The third-order valence-electron chi connectivity index (χ3n) is 3.32. The van der Waals surface area contributed by atoms with Crippen LogP contribution in [0, 0.1) is 12.8 Å². The van der Waals surface area contributed by atoms with Crippen LogP contribution in [0.4, 0.5) is 5.69 Å². The summed E-state index contributed by atoms with van der Waals surface area (Å²) in [6, 6.07) is 5.48. The lowest BCUT2D eigenvalue weighted by molar-refractivity contribution is -0.131. The number of rotatable bonds is 4. The minimum atomic E-state index is -0.999. The average Bonchev–Trinajstić information content (AvgIpc) is 2.45. The monoisotopic (exact) mass is 289 g/mol. The topological polar surface area (TPSA) is 75.6 Å². The summed E-state index contributed by atoms with van der Waals surface area (Å²) in [5.74, 6) is -1.16. The summed E-state index contributed by atoms with van der Waals surface area (Å²) in [4.78, 5) is 22.7. The fraction of sp³-hybridized carbons (Fsp3) is 0.375. The molecule has 5 heteroatoms. The minimum absolute atomic E-state index is 0.0477. The number of amides is 1. The summed E-state index contributed by atoms with van der Waals surface area (Å²) in [7, 11) is 0. The standard InChI is InChI=1S/C16H19NO4/c1-11-7-12(4-5-15(18)19)9-14(8-11)17-16(20)13-3-2-6-21-10-13/h4-5,7-9,13H,2-3,6,10H2,1H3,(H,17,20)(H,18,19)/b5-4+. The number of benzene rings is 1. The van der Waals surface area contributed by atoms with Crippen molar-refractivity contribution in [3.63, 3.8) is 0 Å². The Morgan fingerprint density at radius 1 is 1.38 bits per heavy atom. The third kappa shape index (κ3) is 4.72.